The largest absolute Gasteiger partial charge is 0.230 e. The van der Waals surface area contributed by atoms with Gasteiger partial charge in [0.15, 0.2) is 6.20 Å². The lowest BCUT2D eigenvalue weighted by Gasteiger charge is -2.23. The summed E-state index contributed by atoms with van der Waals surface area (Å²) in [7, 11) is 2.10. The first kappa shape index (κ1) is 25.8. The number of benzene rings is 3. The molecule has 0 radical (unpaired) electrons. The van der Waals surface area contributed by atoms with Crippen LogP contribution in [0, 0.1) is 37.5 Å². The minimum absolute atomic E-state index is 0.0674. The summed E-state index contributed by atoms with van der Waals surface area (Å²) in [5, 5.41) is 12.5. The molecule has 6 rings (SSSR count). The molecular formula is C36H37N2S+. The van der Waals surface area contributed by atoms with Crippen LogP contribution >= 0.6 is 11.3 Å². The predicted molar refractivity (Wildman–Crippen MR) is 166 cm³/mol. The number of pyridine rings is 1. The Morgan fingerprint density at radius 2 is 1.62 bits per heavy atom. The van der Waals surface area contributed by atoms with Gasteiger partial charge in [0.25, 0.3) is 0 Å². The topological polar surface area (TPSA) is 27.7 Å². The average molecular weight is 530 g/mol. The van der Waals surface area contributed by atoms with Crippen molar-refractivity contribution in [2.24, 2.45) is 12.5 Å². The van der Waals surface area contributed by atoms with Crippen molar-refractivity contribution in [2.45, 2.75) is 67.2 Å². The number of nitriles is 1. The fourth-order valence-corrected chi connectivity index (χ4v) is 8.25. The maximum Gasteiger partial charge on any atom is 0.230 e. The van der Waals surface area contributed by atoms with E-state index in [1.54, 1.807) is 0 Å². The Morgan fingerprint density at radius 1 is 0.897 bits per heavy atom. The van der Waals surface area contributed by atoms with Crippen LogP contribution in [0.1, 0.15) is 73.6 Å². The smallest absolute Gasteiger partial charge is 0.198 e. The molecule has 0 unspecified atom stereocenters. The molecule has 2 aromatic heterocycles. The number of aryl methyl sites for hydroxylation is 2. The zero-order valence-corrected chi connectivity index (χ0v) is 25.4. The van der Waals surface area contributed by atoms with Crippen molar-refractivity contribution in [3.8, 4) is 28.5 Å². The van der Waals surface area contributed by atoms with Crippen LogP contribution in [0.5, 0.6) is 0 Å². The van der Waals surface area contributed by atoms with E-state index in [4.69, 9.17) is 0 Å². The summed E-state index contributed by atoms with van der Waals surface area (Å²) in [6, 6.07) is 18.4. The monoisotopic (exact) mass is 529 g/mol. The molecule has 0 saturated carbocycles. The molecule has 39 heavy (non-hydrogen) atoms. The van der Waals surface area contributed by atoms with Gasteiger partial charge in [-0.15, -0.1) is 11.3 Å². The van der Waals surface area contributed by atoms with E-state index in [0.717, 1.165) is 17.4 Å². The minimum atomic E-state index is -0.0674. The molecule has 0 N–H and O–H groups in total. The molecule has 3 heteroatoms. The maximum atomic E-state index is 10.2. The van der Waals surface area contributed by atoms with Crippen LogP contribution in [0.2, 0.25) is 0 Å². The van der Waals surface area contributed by atoms with Gasteiger partial charge in [0.05, 0.1) is 5.56 Å². The van der Waals surface area contributed by atoms with Gasteiger partial charge in [0.2, 0.25) is 5.69 Å². The zero-order chi connectivity index (χ0) is 28.0. The molecule has 2 nitrogen and oxygen atoms in total. The summed E-state index contributed by atoms with van der Waals surface area (Å²) < 4.78 is 4.70. The molecule has 0 fully saturated rings. The van der Waals surface area contributed by atoms with Gasteiger partial charge in [-0.1, -0.05) is 71.0 Å². The zero-order valence-electron chi connectivity index (χ0n) is 24.6. The highest BCUT2D eigenvalue weighted by Gasteiger charge is 2.38. The second kappa shape index (κ2) is 8.51. The first-order valence-electron chi connectivity index (χ1n) is 13.9. The normalized spacial score (nSPS) is 14.1. The minimum Gasteiger partial charge on any atom is -0.198 e. The number of hydrogen-bond donors (Lipinski definition) is 0. The summed E-state index contributed by atoms with van der Waals surface area (Å²) in [4.78, 5) is 0. The van der Waals surface area contributed by atoms with Crippen molar-refractivity contribution in [2.75, 3.05) is 0 Å². The van der Waals surface area contributed by atoms with Crippen LogP contribution in [-0.4, -0.2) is 0 Å². The summed E-state index contributed by atoms with van der Waals surface area (Å²) in [6.45, 7) is 18.4. The van der Waals surface area contributed by atoms with Gasteiger partial charge in [-0.2, -0.15) is 9.83 Å². The Morgan fingerprint density at radius 3 is 2.31 bits per heavy atom. The fraction of sp³-hybridized carbons (Fsp3) is 0.333. The van der Waals surface area contributed by atoms with Crippen molar-refractivity contribution in [3.05, 3.63) is 87.6 Å². The second-order valence-corrected chi connectivity index (χ2v) is 14.2. The molecule has 1 aliphatic rings. The maximum absolute atomic E-state index is 10.2. The van der Waals surface area contributed by atoms with Gasteiger partial charge in [-0.25, -0.2) is 0 Å². The first-order valence-corrected chi connectivity index (χ1v) is 14.7. The first-order chi connectivity index (χ1) is 18.3. The Hall–Kier alpha value is -3.48. The van der Waals surface area contributed by atoms with Crippen LogP contribution in [0.25, 0.3) is 42.6 Å². The highest BCUT2D eigenvalue weighted by molar-refractivity contribution is 7.26. The van der Waals surface area contributed by atoms with E-state index in [0.29, 0.717) is 0 Å². The molecular weight excluding hydrogens is 492 g/mol. The third kappa shape index (κ3) is 3.69. The Balaban J connectivity index is 1.69. The second-order valence-electron chi connectivity index (χ2n) is 13.2. The SMILES string of the molecule is Cc1c(-c2c3sc4c(C)c(CC(C)(C)C)ccc4c3c(C#N)c[n+]2C)cc2c(c1C)-c1ccccc1C2(C)C. The molecule has 2 heterocycles. The van der Waals surface area contributed by atoms with Gasteiger partial charge in [0.1, 0.15) is 23.4 Å². The van der Waals surface area contributed by atoms with Crippen molar-refractivity contribution in [1.29, 1.82) is 5.26 Å². The third-order valence-corrected chi connectivity index (χ3v) is 10.2. The summed E-state index contributed by atoms with van der Waals surface area (Å²) in [5.74, 6) is 0. The molecule has 0 saturated heterocycles. The molecule has 5 aromatic rings. The van der Waals surface area contributed by atoms with E-state index in [9.17, 15) is 5.26 Å². The van der Waals surface area contributed by atoms with E-state index < -0.39 is 0 Å². The van der Waals surface area contributed by atoms with Crippen LogP contribution in [-0.2, 0) is 18.9 Å². The standard InChI is InChI=1S/C36H37N2S/c1-20-21(2)30-25-12-10-11-13-28(25)36(7,8)29(30)16-27(20)32-34-31(24(18-37)19-38(32)9)26-15-14-23(17-35(4,5)6)22(3)33(26)39-34/h10-16,19H,17H2,1-9H3/q+1. The van der Waals surface area contributed by atoms with Crippen LogP contribution in [0.15, 0.2) is 48.7 Å². The van der Waals surface area contributed by atoms with Crippen LogP contribution in [0.4, 0.5) is 0 Å². The number of aromatic nitrogens is 1. The molecule has 1 aliphatic carbocycles. The van der Waals surface area contributed by atoms with Gasteiger partial charge < -0.3 is 0 Å². The summed E-state index contributed by atoms with van der Waals surface area (Å²) in [6.07, 6.45) is 3.07. The van der Waals surface area contributed by atoms with Gasteiger partial charge >= 0.3 is 0 Å². The Kier molecular flexibility index (Phi) is 5.62. The molecule has 3 aromatic carbocycles. The molecule has 0 amide bonds. The van der Waals surface area contributed by atoms with Gasteiger partial charge in [-0.05, 0) is 83.2 Å². The van der Waals surface area contributed by atoms with E-state index in [1.807, 2.05) is 17.5 Å². The van der Waals surface area contributed by atoms with Crippen molar-refractivity contribution < 1.29 is 4.57 Å². The lowest BCUT2D eigenvalue weighted by molar-refractivity contribution is -0.659. The fourth-order valence-electron chi connectivity index (χ4n) is 6.81. The van der Waals surface area contributed by atoms with E-state index >= 15 is 0 Å². The third-order valence-electron chi connectivity index (χ3n) is 8.92. The highest BCUT2D eigenvalue weighted by Crippen LogP contribution is 2.52. The molecule has 196 valence electrons. The lowest BCUT2D eigenvalue weighted by Crippen LogP contribution is -2.31. The van der Waals surface area contributed by atoms with Crippen molar-refractivity contribution in [1.82, 2.24) is 0 Å². The van der Waals surface area contributed by atoms with Crippen LogP contribution in [0.3, 0.4) is 0 Å². The average Bonchev–Trinajstić information content (AvgIpc) is 3.36. The number of rotatable bonds is 2. The van der Waals surface area contributed by atoms with Gasteiger partial charge in [-0.3, -0.25) is 0 Å². The van der Waals surface area contributed by atoms with Crippen molar-refractivity contribution in [3.63, 3.8) is 0 Å². The summed E-state index contributed by atoms with van der Waals surface area (Å²) >= 11 is 1.86. The predicted octanol–water partition coefficient (Wildman–Crippen LogP) is 9.24. The van der Waals surface area contributed by atoms with Crippen molar-refractivity contribution >= 4 is 31.5 Å². The molecule has 0 atom stereocenters. The van der Waals surface area contributed by atoms with Crippen LogP contribution < -0.4 is 4.57 Å². The number of nitrogens with zero attached hydrogens (tertiary/aromatic N) is 2. The highest BCUT2D eigenvalue weighted by atomic mass is 32.1. The number of fused-ring (bicyclic) bond motifs is 6. The van der Waals surface area contributed by atoms with E-state index in [-0.39, 0.29) is 10.8 Å². The molecule has 0 aliphatic heterocycles. The number of thiophene rings is 1. The molecule has 0 bridgehead atoms. The number of hydrogen-bond acceptors (Lipinski definition) is 2. The summed E-state index contributed by atoms with van der Waals surface area (Å²) in [5.41, 5.74) is 14.3. The van der Waals surface area contributed by atoms with E-state index in [2.05, 4.69) is 116 Å². The van der Waals surface area contributed by atoms with Gasteiger partial charge in [0, 0.05) is 20.9 Å². The quantitative estimate of drug-likeness (QED) is 0.209. The Labute approximate surface area is 236 Å². The molecule has 0 spiro atoms. The lowest BCUT2D eigenvalue weighted by atomic mass is 9.80. The van der Waals surface area contributed by atoms with E-state index in [1.165, 1.54) is 70.6 Å². The Bertz CT molecular complexity index is 1890.